The van der Waals surface area contributed by atoms with Crippen LogP contribution < -0.4 is 38.6 Å². The van der Waals surface area contributed by atoms with Crippen LogP contribution in [0, 0.1) is 0 Å². The summed E-state index contributed by atoms with van der Waals surface area (Å²) < 4.78 is 5.51. The van der Waals surface area contributed by atoms with Gasteiger partial charge in [0.05, 0.1) is 18.2 Å². The van der Waals surface area contributed by atoms with Crippen LogP contribution in [0.3, 0.4) is 0 Å². The molecule has 1 aromatic rings. The van der Waals surface area contributed by atoms with E-state index in [9.17, 15) is 19.4 Å². The Morgan fingerprint density at radius 1 is 1.18 bits per heavy atom. The van der Waals surface area contributed by atoms with E-state index in [0.29, 0.717) is 24.0 Å². The Morgan fingerprint density at radius 2 is 1.85 bits per heavy atom. The third-order valence-corrected chi connectivity index (χ3v) is 6.24. The van der Waals surface area contributed by atoms with Gasteiger partial charge in [-0.1, -0.05) is 6.07 Å². The van der Waals surface area contributed by atoms with Crippen LogP contribution in [0.1, 0.15) is 51.5 Å². The molecule has 3 atom stereocenters. The predicted molar refractivity (Wildman–Crippen MR) is 129 cm³/mol. The van der Waals surface area contributed by atoms with Gasteiger partial charge in [0.1, 0.15) is 0 Å². The van der Waals surface area contributed by atoms with Crippen molar-refractivity contribution in [2.75, 3.05) is 11.9 Å². The highest BCUT2D eigenvalue weighted by Crippen LogP contribution is 2.30. The van der Waals surface area contributed by atoms with E-state index in [0.717, 1.165) is 12.0 Å². The van der Waals surface area contributed by atoms with Gasteiger partial charge in [0.15, 0.2) is 0 Å². The van der Waals surface area contributed by atoms with Crippen molar-refractivity contribution in [3.63, 3.8) is 0 Å². The molecule has 186 valence electrons. The molecule has 3 amide bonds. The molecule has 34 heavy (non-hydrogen) atoms. The van der Waals surface area contributed by atoms with Gasteiger partial charge in [-0.25, -0.2) is 0 Å². The van der Waals surface area contributed by atoms with Crippen molar-refractivity contribution in [1.82, 2.24) is 10.6 Å². The number of hydrogen-bond donors (Lipinski definition) is 7. The molecule has 11 nitrogen and oxygen atoms in total. The Kier molecular flexibility index (Phi) is 8.31. The Hall–Kier alpha value is -2.51. The smallest absolute Gasteiger partial charge is 0.423 e. The molecule has 0 aromatic heterocycles. The average Bonchev–Trinajstić information content (AvgIpc) is 2.97. The highest BCUT2D eigenvalue weighted by atomic mass is 16.5. The third kappa shape index (κ3) is 6.77. The van der Waals surface area contributed by atoms with E-state index in [4.69, 9.17) is 21.9 Å². The predicted octanol–water partition coefficient (Wildman–Crippen LogP) is -1.88. The second-order valence-corrected chi connectivity index (χ2v) is 9.69. The first kappa shape index (κ1) is 26.1. The first-order valence-electron chi connectivity index (χ1n) is 11.6. The Balaban J connectivity index is 1.39. The zero-order valence-electron chi connectivity index (χ0n) is 19.7. The van der Waals surface area contributed by atoms with Crippen LogP contribution in [0.2, 0.25) is 0 Å². The summed E-state index contributed by atoms with van der Waals surface area (Å²) in [7, 11) is -1.07. The normalized spacial score (nSPS) is 24.2. The number of fused-ring (bicyclic) bond motifs is 1. The molecule has 1 aliphatic carbocycles. The lowest BCUT2D eigenvalue weighted by atomic mass is 9.78. The van der Waals surface area contributed by atoms with E-state index in [1.165, 1.54) is 0 Å². The maximum absolute atomic E-state index is 12.2. The quantitative estimate of drug-likeness (QED) is 0.213. The summed E-state index contributed by atoms with van der Waals surface area (Å²) >= 11 is 0. The van der Waals surface area contributed by atoms with Gasteiger partial charge in [0.25, 0.3) is 0 Å². The SMILES string of the molecule is CC1(C)OB(O)c2cc(NC(=O)CNC(=O)C(N)CCC(=O)NC3CC(N)CC(N)C3)ccc21. The zero-order chi connectivity index (χ0) is 25.0. The van der Waals surface area contributed by atoms with Crippen LogP contribution in [0.25, 0.3) is 0 Å². The number of nitrogens with one attached hydrogen (secondary N) is 3. The van der Waals surface area contributed by atoms with Gasteiger partial charge < -0.3 is 42.8 Å². The molecule has 0 bridgehead atoms. The zero-order valence-corrected chi connectivity index (χ0v) is 19.7. The first-order valence-corrected chi connectivity index (χ1v) is 11.6. The summed E-state index contributed by atoms with van der Waals surface area (Å²) in [5.41, 5.74) is 19.1. The highest BCUT2D eigenvalue weighted by molar-refractivity contribution is 6.62. The second-order valence-electron chi connectivity index (χ2n) is 9.69. The fourth-order valence-electron chi connectivity index (χ4n) is 4.55. The van der Waals surface area contributed by atoms with E-state index < -0.39 is 30.6 Å². The van der Waals surface area contributed by atoms with Crippen molar-refractivity contribution < 1.29 is 24.1 Å². The minimum Gasteiger partial charge on any atom is -0.423 e. The lowest BCUT2D eigenvalue weighted by Crippen LogP contribution is -2.49. The standard InChI is InChI=1S/C22H35BN6O5/c1-22(2)16-4-3-14(10-17(16)23(33)34-22)28-20(31)11-27-21(32)18(26)5-6-19(30)29-15-8-12(24)7-13(25)9-15/h3-4,10,12-13,15,18,33H,5-9,11,24-26H2,1-2H3,(H,27,32)(H,28,31)(H,29,30). The summed E-state index contributed by atoms with van der Waals surface area (Å²) in [6.45, 7) is 3.42. The lowest BCUT2D eigenvalue weighted by Gasteiger charge is -2.31. The van der Waals surface area contributed by atoms with Gasteiger partial charge in [-0.15, -0.1) is 0 Å². The van der Waals surface area contributed by atoms with Crippen LogP contribution in [-0.4, -0.2) is 60.6 Å². The molecule has 3 rings (SSSR count). The van der Waals surface area contributed by atoms with Crippen molar-refractivity contribution in [1.29, 1.82) is 0 Å². The molecule has 1 aromatic carbocycles. The van der Waals surface area contributed by atoms with Crippen molar-refractivity contribution in [2.45, 2.75) is 75.7 Å². The van der Waals surface area contributed by atoms with Gasteiger partial charge in [-0.3, -0.25) is 14.4 Å². The van der Waals surface area contributed by atoms with Crippen molar-refractivity contribution in [2.24, 2.45) is 17.2 Å². The second kappa shape index (κ2) is 10.8. The van der Waals surface area contributed by atoms with Crippen molar-refractivity contribution in [3.8, 4) is 0 Å². The van der Waals surface area contributed by atoms with E-state index in [2.05, 4.69) is 16.0 Å². The van der Waals surface area contributed by atoms with Crippen LogP contribution in [0.15, 0.2) is 18.2 Å². The highest BCUT2D eigenvalue weighted by Gasteiger charge is 2.40. The fraction of sp³-hybridized carbons (Fsp3) is 0.591. The lowest BCUT2D eigenvalue weighted by molar-refractivity contribution is -0.126. The molecule has 10 N–H and O–H groups in total. The van der Waals surface area contributed by atoms with E-state index >= 15 is 0 Å². The molecule has 3 unspecified atom stereocenters. The molecule has 1 fully saturated rings. The molecule has 1 aliphatic heterocycles. The van der Waals surface area contributed by atoms with Crippen LogP contribution in [0.4, 0.5) is 5.69 Å². The average molecular weight is 474 g/mol. The number of amides is 3. The summed E-state index contributed by atoms with van der Waals surface area (Å²) in [4.78, 5) is 36.7. The minimum atomic E-state index is -1.07. The molecule has 12 heteroatoms. The van der Waals surface area contributed by atoms with Crippen LogP contribution in [-0.2, 0) is 24.6 Å². The Labute approximate surface area is 199 Å². The van der Waals surface area contributed by atoms with E-state index in [1.807, 2.05) is 13.8 Å². The molecular formula is C22H35BN6O5. The molecule has 2 aliphatic rings. The summed E-state index contributed by atoms with van der Waals surface area (Å²) in [5.74, 6) is -1.18. The van der Waals surface area contributed by atoms with E-state index in [1.54, 1.807) is 18.2 Å². The third-order valence-electron chi connectivity index (χ3n) is 6.24. The van der Waals surface area contributed by atoms with E-state index in [-0.39, 0.29) is 43.4 Å². The fourth-order valence-corrected chi connectivity index (χ4v) is 4.55. The Morgan fingerprint density at radius 3 is 2.53 bits per heavy atom. The Bertz CT molecular complexity index is 919. The maximum atomic E-state index is 12.2. The van der Waals surface area contributed by atoms with Gasteiger partial charge >= 0.3 is 7.12 Å². The van der Waals surface area contributed by atoms with Gasteiger partial charge in [-0.2, -0.15) is 0 Å². The number of nitrogens with two attached hydrogens (primary N) is 3. The first-order chi connectivity index (χ1) is 15.9. The van der Waals surface area contributed by atoms with Gasteiger partial charge in [0.2, 0.25) is 17.7 Å². The van der Waals surface area contributed by atoms with Crippen molar-refractivity contribution >= 4 is 36.0 Å². The number of anilines is 1. The van der Waals surface area contributed by atoms with Gasteiger partial charge in [0, 0.05) is 30.2 Å². The largest absolute Gasteiger partial charge is 0.492 e. The van der Waals surface area contributed by atoms with Crippen LogP contribution >= 0.6 is 0 Å². The topological polar surface area (TPSA) is 195 Å². The van der Waals surface area contributed by atoms with Crippen LogP contribution in [0.5, 0.6) is 0 Å². The summed E-state index contributed by atoms with van der Waals surface area (Å²) in [6.07, 6.45) is 2.32. The summed E-state index contributed by atoms with van der Waals surface area (Å²) in [5, 5.41) is 18.1. The van der Waals surface area contributed by atoms with Gasteiger partial charge in [-0.05, 0) is 62.7 Å². The number of rotatable bonds is 8. The number of carbonyl (C=O) groups is 3. The number of carbonyl (C=O) groups excluding carboxylic acids is 3. The number of benzene rings is 1. The molecular weight excluding hydrogens is 439 g/mol. The number of hydrogen-bond acceptors (Lipinski definition) is 8. The van der Waals surface area contributed by atoms with Crippen molar-refractivity contribution in [3.05, 3.63) is 23.8 Å². The minimum absolute atomic E-state index is 0.0321. The molecule has 0 spiro atoms. The maximum Gasteiger partial charge on any atom is 0.492 e. The molecule has 0 radical (unpaired) electrons. The molecule has 0 saturated heterocycles. The summed E-state index contributed by atoms with van der Waals surface area (Å²) in [6, 6.07) is 4.07. The molecule has 1 heterocycles. The molecule has 1 saturated carbocycles. The monoisotopic (exact) mass is 474 g/mol.